The van der Waals surface area contributed by atoms with Crippen LogP contribution in [0.3, 0.4) is 0 Å². The van der Waals surface area contributed by atoms with E-state index in [-0.39, 0.29) is 19.3 Å². The quantitative estimate of drug-likeness (QED) is 0.0988. The largest absolute Gasteiger partial charge is 0.481 e. The molecule has 0 rings (SSSR count). The summed E-state index contributed by atoms with van der Waals surface area (Å²) in [6.45, 7) is 3.54. The second-order valence-electron chi connectivity index (χ2n) is 8.18. The molecule has 0 aliphatic carbocycles. The highest BCUT2D eigenvalue weighted by Crippen LogP contribution is 2.07. The molecule has 0 saturated carbocycles. The van der Waals surface area contributed by atoms with Gasteiger partial charge in [0, 0.05) is 6.42 Å². The number of carboxylic acid groups (broad SMARTS) is 2. The fourth-order valence-corrected chi connectivity index (χ4v) is 2.90. The maximum absolute atomic E-state index is 12.8. The molecule has 34 heavy (non-hydrogen) atoms. The van der Waals surface area contributed by atoms with Crippen LogP contribution in [0.5, 0.6) is 0 Å². The van der Waals surface area contributed by atoms with Crippen LogP contribution in [0.2, 0.25) is 0 Å². The highest BCUT2D eigenvalue weighted by atomic mass is 16.4. The standard InChI is InChI=1S/C20H36N6O8/c1-10(2)16(20(33)34)26-18(31)12(5-3-4-8-21)24-19(32)13(9-14(23)27)25-17(30)11(22)6-7-15(28)29/h10-13,16H,3-9,21-22H2,1-2H3,(H2,23,27)(H,24,32)(H,25,30)(H,26,31)(H,28,29)(H,33,34). The molecule has 14 heteroatoms. The van der Waals surface area contributed by atoms with Gasteiger partial charge in [0.25, 0.3) is 0 Å². The first kappa shape index (κ1) is 30.7. The highest BCUT2D eigenvalue weighted by Gasteiger charge is 2.31. The molecule has 4 atom stereocenters. The minimum Gasteiger partial charge on any atom is -0.481 e. The van der Waals surface area contributed by atoms with E-state index in [1.165, 1.54) is 0 Å². The van der Waals surface area contributed by atoms with Crippen molar-refractivity contribution in [3.05, 3.63) is 0 Å². The van der Waals surface area contributed by atoms with Crippen molar-refractivity contribution in [3.8, 4) is 0 Å². The molecule has 0 bridgehead atoms. The summed E-state index contributed by atoms with van der Waals surface area (Å²) in [5.74, 6) is -6.31. The molecule has 0 saturated heterocycles. The monoisotopic (exact) mass is 488 g/mol. The van der Waals surface area contributed by atoms with E-state index in [9.17, 15) is 33.9 Å². The summed E-state index contributed by atoms with van der Waals surface area (Å²) >= 11 is 0. The average molecular weight is 489 g/mol. The first-order valence-electron chi connectivity index (χ1n) is 10.9. The molecule has 0 heterocycles. The van der Waals surface area contributed by atoms with Crippen LogP contribution >= 0.6 is 0 Å². The van der Waals surface area contributed by atoms with Gasteiger partial charge in [-0.05, 0) is 38.1 Å². The van der Waals surface area contributed by atoms with Gasteiger partial charge in [-0.1, -0.05) is 13.8 Å². The summed E-state index contributed by atoms with van der Waals surface area (Å²) in [5.41, 5.74) is 16.3. The molecule has 4 amide bonds. The number of nitrogens with one attached hydrogen (secondary N) is 3. The summed E-state index contributed by atoms with van der Waals surface area (Å²) in [5, 5.41) is 25.1. The summed E-state index contributed by atoms with van der Waals surface area (Å²) in [7, 11) is 0. The lowest BCUT2D eigenvalue weighted by atomic mass is 10.0. The van der Waals surface area contributed by atoms with E-state index in [2.05, 4.69) is 16.0 Å². The van der Waals surface area contributed by atoms with Gasteiger partial charge in [0.15, 0.2) is 0 Å². The Bertz CT molecular complexity index is 745. The van der Waals surface area contributed by atoms with E-state index in [1.807, 2.05) is 0 Å². The number of hydrogen-bond acceptors (Lipinski definition) is 8. The van der Waals surface area contributed by atoms with Crippen LogP contribution in [0, 0.1) is 5.92 Å². The average Bonchev–Trinajstić information content (AvgIpc) is 2.73. The molecule has 0 radical (unpaired) electrons. The maximum atomic E-state index is 12.8. The lowest BCUT2D eigenvalue weighted by Gasteiger charge is -2.25. The van der Waals surface area contributed by atoms with Crippen LogP contribution in [-0.2, 0) is 28.8 Å². The van der Waals surface area contributed by atoms with E-state index in [1.54, 1.807) is 13.8 Å². The number of primary amides is 1. The minimum atomic E-state index is -1.48. The van der Waals surface area contributed by atoms with Crippen molar-refractivity contribution in [2.75, 3.05) is 6.54 Å². The maximum Gasteiger partial charge on any atom is 0.326 e. The van der Waals surface area contributed by atoms with Crippen LogP contribution in [-0.4, -0.2) is 76.5 Å². The molecule has 0 aliphatic heterocycles. The van der Waals surface area contributed by atoms with Gasteiger partial charge in [0.2, 0.25) is 23.6 Å². The number of rotatable bonds is 17. The zero-order chi connectivity index (χ0) is 26.4. The summed E-state index contributed by atoms with van der Waals surface area (Å²) in [6.07, 6.45) is -0.112. The Labute approximate surface area is 197 Å². The van der Waals surface area contributed by atoms with Gasteiger partial charge in [-0.15, -0.1) is 0 Å². The number of aliphatic carboxylic acids is 2. The Morgan fingerprint density at radius 3 is 1.85 bits per heavy atom. The van der Waals surface area contributed by atoms with Crippen LogP contribution < -0.4 is 33.2 Å². The smallest absolute Gasteiger partial charge is 0.326 e. The van der Waals surface area contributed by atoms with Crippen LogP contribution in [0.25, 0.3) is 0 Å². The van der Waals surface area contributed by atoms with Crippen molar-refractivity contribution < 1.29 is 39.0 Å². The summed E-state index contributed by atoms with van der Waals surface area (Å²) in [4.78, 5) is 71.3. The van der Waals surface area contributed by atoms with Crippen molar-refractivity contribution >= 4 is 35.6 Å². The number of hydrogen-bond donors (Lipinski definition) is 8. The van der Waals surface area contributed by atoms with Crippen LogP contribution in [0.15, 0.2) is 0 Å². The first-order valence-corrected chi connectivity index (χ1v) is 10.9. The lowest BCUT2D eigenvalue weighted by molar-refractivity contribution is -0.143. The Balaban J connectivity index is 5.50. The lowest BCUT2D eigenvalue weighted by Crippen LogP contribution is -2.58. The third-order valence-corrected chi connectivity index (χ3v) is 4.85. The van der Waals surface area contributed by atoms with Gasteiger partial charge in [-0.2, -0.15) is 0 Å². The SMILES string of the molecule is CC(C)C(NC(=O)C(CCCCN)NC(=O)C(CC(N)=O)NC(=O)C(N)CCC(=O)O)C(=O)O. The highest BCUT2D eigenvalue weighted by molar-refractivity contribution is 5.96. The van der Waals surface area contributed by atoms with E-state index in [0.29, 0.717) is 19.4 Å². The predicted molar refractivity (Wildman–Crippen MR) is 120 cm³/mol. The summed E-state index contributed by atoms with van der Waals surface area (Å²) < 4.78 is 0. The molecule has 0 aromatic rings. The number of unbranched alkanes of at least 4 members (excludes halogenated alkanes) is 1. The van der Waals surface area contributed by atoms with Crippen molar-refractivity contribution in [1.82, 2.24) is 16.0 Å². The Morgan fingerprint density at radius 1 is 0.824 bits per heavy atom. The van der Waals surface area contributed by atoms with Gasteiger partial charge >= 0.3 is 11.9 Å². The zero-order valence-corrected chi connectivity index (χ0v) is 19.4. The van der Waals surface area contributed by atoms with Crippen molar-refractivity contribution in [2.45, 2.75) is 76.5 Å². The van der Waals surface area contributed by atoms with E-state index >= 15 is 0 Å². The fraction of sp³-hybridized carbons (Fsp3) is 0.700. The topological polar surface area (TPSA) is 257 Å². The Morgan fingerprint density at radius 2 is 1.38 bits per heavy atom. The number of carbonyl (C=O) groups excluding carboxylic acids is 4. The molecule has 0 spiro atoms. The summed E-state index contributed by atoms with van der Waals surface area (Å²) in [6, 6.07) is -5.11. The molecule has 4 unspecified atom stereocenters. The van der Waals surface area contributed by atoms with E-state index < -0.39 is 72.1 Å². The van der Waals surface area contributed by atoms with Gasteiger partial charge in [0.05, 0.1) is 12.5 Å². The van der Waals surface area contributed by atoms with E-state index in [0.717, 1.165) is 0 Å². The normalized spacial score (nSPS) is 14.4. The fourth-order valence-electron chi connectivity index (χ4n) is 2.90. The molecule has 0 aromatic heterocycles. The molecule has 0 aromatic carbocycles. The van der Waals surface area contributed by atoms with Crippen molar-refractivity contribution in [1.29, 1.82) is 0 Å². The molecule has 11 N–H and O–H groups in total. The van der Waals surface area contributed by atoms with Gasteiger partial charge < -0.3 is 43.4 Å². The second-order valence-corrected chi connectivity index (χ2v) is 8.18. The Kier molecular flexibility index (Phi) is 14.1. The zero-order valence-electron chi connectivity index (χ0n) is 19.4. The second kappa shape index (κ2) is 15.6. The predicted octanol–water partition coefficient (Wildman–Crippen LogP) is -2.62. The minimum absolute atomic E-state index is 0.120. The number of carboxylic acids is 2. The molecular weight excluding hydrogens is 452 g/mol. The van der Waals surface area contributed by atoms with Crippen molar-refractivity contribution in [3.63, 3.8) is 0 Å². The van der Waals surface area contributed by atoms with Crippen molar-refractivity contribution in [2.24, 2.45) is 23.1 Å². The van der Waals surface area contributed by atoms with Gasteiger partial charge in [-0.3, -0.25) is 24.0 Å². The third kappa shape index (κ3) is 12.1. The van der Waals surface area contributed by atoms with Crippen LogP contribution in [0.1, 0.15) is 52.4 Å². The number of nitrogens with two attached hydrogens (primary N) is 3. The molecule has 0 fully saturated rings. The molecule has 194 valence electrons. The molecule has 14 nitrogen and oxygen atoms in total. The molecule has 0 aliphatic rings. The van der Waals surface area contributed by atoms with Gasteiger partial charge in [0.1, 0.15) is 18.1 Å². The Hall–Kier alpha value is -3.26. The van der Waals surface area contributed by atoms with E-state index in [4.69, 9.17) is 22.3 Å². The van der Waals surface area contributed by atoms with Gasteiger partial charge in [-0.25, -0.2) is 4.79 Å². The number of carbonyl (C=O) groups is 6. The first-order chi connectivity index (χ1) is 15.8. The third-order valence-electron chi connectivity index (χ3n) is 4.85. The number of amides is 4. The van der Waals surface area contributed by atoms with Crippen LogP contribution in [0.4, 0.5) is 0 Å². The molecular formula is C20H36N6O8.